The highest BCUT2D eigenvalue weighted by Gasteiger charge is 2.16. The van der Waals surface area contributed by atoms with Gasteiger partial charge in [0.15, 0.2) is 0 Å². The molecule has 1 atom stereocenters. The average molecular weight is 366 g/mol. The standard InChI is InChI=1S/C24H31NO2/c1-2-8-19(18-25-14-6-3-7-15-25)13-16-26-20-11-12-24-22(17-20)21-9-4-5-10-23(21)27-24/h4-5,9-12,17,19H,2-3,6-8,13-16,18H2,1H3. The van der Waals surface area contributed by atoms with E-state index in [1.807, 2.05) is 24.3 Å². The normalized spacial score (nSPS) is 16.8. The van der Waals surface area contributed by atoms with Gasteiger partial charge >= 0.3 is 0 Å². The van der Waals surface area contributed by atoms with Gasteiger partial charge in [0.05, 0.1) is 6.61 Å². The third kappa shape index (κ3) is 4.47. The molecule has 0 radical (unpaired) electrons. The summed E-state index contributed by atoms with van der Waals surface area (Å²) in [6.45, 7) is 6.89. The van der Waals surface area contributed by atoms with Crippen molar-refractivity contribution in [1.82, 2.24) is 4.90 Å². The predicted octanol–water partition coefficient (Wildman–Crippen LogP) is 6.26. The Labute approximate surface area is 162 Å². The first-order valence-corrected chi connectivity index (χ1v) is 10.6. The van der Waals surface area contributed by atoms with Crippen LogP contribution in [-0.4, -0.2) is 31.1 Å². The number of nitrogens with zero attached hydrogens (tertiary/aromatic N) is 1. The van der Waals surface area contributed by atoms with E-state index in [9.17, 15) is 0 Å². The molecule has 144 valence electrons. The SMILES string of the molecule is CCCC(CCOc1ccc2oc3ccccc3c2c1)CN1CCCCC1. The number of hydrogen-bond acceptors (Lipinski definition) is 3. The molecule has 1 aliphatic heterocycles. The van der Waals surface area contributed by atoms with Crippen molar-refractivity contribution in [2.45, 2.75) is 45.4 Å². The Hall–Kier alpha value is -2.00. The number of likely N-dealkylation sites (tertiary alicyclic amines) is 1. The summed E-state index contributed by atoms with van der Waals surface area (Å²) in [6.07, 6.45) is 7.83. The molecule has 0 spiro atoms. The number of fused-ring (bicyclic) bond motifs is 3. The smallest absolute Gasteiger partial charge is 0.135 e. The monoisotopic (exact) mass is 365 g/mol. The molecule has 2 heterocycles. The Kier molecular flexibility index (Phi) is 5.98. The van der Waals surface area contributed by atoms with E-state index in [1.165, 1.54) is 51.7 Å². The van der Waals surface area contributed by atoms with E-state index in [4.69, 9.17) is 9.15 Å². The van der Waals surface area contributed by atoms with Crippen molar-refractivity contribution in [1.29, 1.82) is 0 Å². The molecule has 1 aliphatic rings. The number of benzene rings is 2. The fourth-order valence-corrected chi connectivity index (χ4v) is 4.38. The van der Waals surface area contributed by atoms with Crippen LogP contribution in [0.15, 0.2) is 46.9 Å². The van der Waals surface area contributed by atoms with Crippen LogP contribution in [0.1, 0.15) is 45.4 Å². The molecule has 1 saturated heterocycles. The molecule has 2 aromatic carbocycles. The molecule has 0 bridgehead atoms. The van der Waals surface area contributed by atoms with E-state index in [-0.39, 0.29) is 0 Å². The summed E-state index contributed by atoms with van der Waals surface area (Å²) < 4.78 is 12.0. The maximum atomic E-state index is 6.14. The number of para-hydroxylation sites is 1. The number of furan rings is 1. The number of rotatable bonds is 8. The van der Waals surface area contributed by atoms with E-state index in [1.54, 1.807) is 0 Å². The average Bonchev–Trinajstić information content (AvgIpc) is 3.07. The van der Waals surface area contributed by atoms with E-state index in [2.05, 4.69) is 30.0 Å². The zero-order chi connectivity index (χ0) is 18.5. The Balaban J connectivity index is 1.37. The quantitative estimate of drug-likeness (QED) is 0.471. The van der Waals surface area contributed by atoms with Crippen molar-refractivity contribution in [3.8, 4) is 5.75 Å². The minimum Gasteiger partial charge on any atom is -0.494 e. The van der Waals surface area contributed by atoms with E-state index >= 15 is 0 Å². The van der Waals surface area contributed by atoms with E-state index in [0.717, 1.165) is 46.6 Å². The topological polar surface area (TPSA) is 25.6 Å². The predicted molar refractivity (Wildman–Crippen MR) is 113 cm³/mol. The Morgan fingerprint density at radius 3 is 2.63 bits per heavy atom. The van der Waals surface area contributed by atoms with Crippen LogP contribution in [0, 0.1) is 5.92 Å². The molecule has 3 nitrogen and oxygen atoms in total. The highest BCUT2D eigenvalue weighted by atomic mass is 16.5. The van der Waals surface area contributed by atoms with E-state index in [0.29, 0.717) is 0 Å². The lowest BCUT2D eigenvalue weighted by Crippen LogP contribution is -2.34. The van der Waals surface area contributed by atoms with Gasteiger partial charge in [0, 0.05) is 17.3 Å². The number of piperidine rings is 1. The molecular formula is C24H31NO2. The lowest BCUT2D eigenvalue weighted by atomic mass is 9.98. The summed E-state index contributed by atoms with van der Waals surface area (Å²) in [4.78, 5) is 2.66. The van der Waals surface area contributed by atoms with Crippen molar-refractivity contribution in [2.75, 3.05) is 26.2 Å². The van der Waals surface area contributed by atoms with Gasteiger partial charge in [-0.3, -0.25) is 0 Å². The van der Waals surface area contributed by atoms with Crippen molar-refractivity contribution >= 4 is 21.9 Å². The second-order valence-corrected chi connectivity index (χ2v) is 7.91. The van der Waals surface area contributed by atoms with Crippen molar-refractivity contribution in [3.63, 3.8) is 0 Å². The molecule has 0 aliphatic carbocycles. The molecule has 0 N–H and O–H groups in total. The van der Waals surface area contributed by atoms with Gasteiger partial charge in [-0.15, -0.1) is 0 Å². The highest BCUT2D eigenvalue weighted by Crippen LogP contribution is 2.31. The molecule has 0 amide bonds. The highest BCUT2D eigenvalue weighted by molar-refractivity contribution is 6.05. The fraction of sp³-hybridized carbons (Fsp3) is 0.500. The third-order valence-electron chi connectivity index (χ3n) is 5.81. The van der Waals surface area contributed by atoms with Crippen molar-refractivity contribution in [3.05, 3.63) is 42.5 Å². The lowest BCUT2D eigenvalue weighted by molar-refractivity contribution is 0.171. The Morgan fingerprint density at radius 2 is 1.78 bits per heavy atom. The number of hydrogen-bond donors (Lipinski definition) is 0. The van der Waals surface area contributed by atoms with Gasteiger partial charge in [0.1, 0.15) is 16.9 Å². The number of ether oxygens (including phenoxy) is 1. The molecule has 0 saturated carbocycles. The molecule has 27 heavy (non-hydrogen) atoms. The molecule has 4 rings (SSSR count). The molecular weight excluding hydrogens is 334 g/mol. The third-order valence-corrected chi connectivity index (χ3v) is 5.81. The van der Waals surface area contributed by atoms with Gasteiger partial charge in [-0.25, -0.2) is 0 Å². The summed E-state index contributed by atoms with van der Waals surface area (Å²) in [5.74, 6) is 1.69. The molecule has 3 aromatic rings. The summed E-state index contributed by atoms with van der Waals surface area (Å²) in [6, 6.07) is 14.4. The van der Waals surface area contributed by atoms with E-state index < -0.39 is 0 Å². The van der Waals surface area contributed by atoms with Crippen molar-refractivity contribution in [2.24, 2.45) is 5.92 Å². The van der Waals surface area contributed by atoms with Gasteiger partial charge in [-0.2, -0.15) is 0 Å². The molecule has 1 unspecified atom stereocenters. The van der Waals surface area contributed by atoms with Crippen LogP contribution < -0.4 is 4.74 Å². The van der Waals surface area contributed by atoms with Crippen LogP contribution in [-0.2, 0) is 0 Å². The molecule has 3 heteroatoms. The van der Waals surface area contributed by atoms with Crippen LogP contribution in [0.5, 0.6) is 5.75 Å². The molecule has 1 aromatic heterocycles. The maximum absolute atomic E-state index is 6.14. The maximum Gasteiger partial charge on any atom is 0.135 e. The summed E-state index contributed by atoms with van der Waals surface area (Å²) in [5.41, 5.74) is 1.87. The summed E-state index contributed by atoms with van der Waals surface area (Å²) in [7, 11) is 0. The second kappa shape index (κ2) is 8.79. The zero-order valence-electron chi connectivity index (χ0n) is 16.5. The largest absolute Gasteiger partial charge is 0.494 e. The van der Waals surface area contributed by atoms with Crippen LogP contribution in [0.2, 0.25) is 0 Å². The van der Waals surface area contributed by atoms with Gasteiger partial charge in [-0.05, 0) is 69.0 Å². The van der Waals surface area contributed by atoms with Crippen LogP contribution in [0.4, 0.5) is 0 Å². The lowest BCUT2D eigenvalue weighted by Gasteiger charge is -2.30. The zero-order valence-corrected chi connectivity index (χ0v) is 16.5. The second-order valence-electron chi connectivity index (χ2n) is 7.91. The fourth-order valence-electron chi connectivity index (χ4n) is 4.38. The van der Waals surface area contributed by atoms with Gasteiger partial charge in [0.25, 0.3) is 0 Å². The van der Waals surface area contributed by atoms with Gasteiger partial charge in [0.2, 0.25) is 0 Å². The van der Waals surface area contributed by atoms with Crippen LogP contribution >= 0.6 is 0 Å². The summed E-state index contributed by atoms with van der Waals surface area (Å²) >= 11 is 0. The Morgan fingerprint density at radius 1 is 0.963 bits per heavy atom. The van der Waals surface area contributed by atoms with Gasteiger partial charge < -0.3 is 14.1 Å². The van der Waals surface area contributed by atoms with Crippen molar-refractivity contribution < 1.29 is 9.15 Å². The minimum atomic E-state index is 0.742. The first-order valence-electron chi connectivity index (χ1n) is 10.6. The molecule has 1 fully saturated rings. The minimum absolute atomic E-state index is 0.742. The summed E-state index contributed by atoms with van der Waals surface area (Å²) in [5, 5.41) is 2.30. The first-order chi connectivity index (χ1) is 13.3. The van der Waals surface area contributed by atoms with Crippen LogP contribution in [0.3, 0.4) is 0 Å². The van der Waals surface area contributed by atoms with Crippen LogP contribution in [0.25, 0.3) is 21.9 Å². The van der Waals surface area contributed by atoms with Gasteiger partial charge in [-0.1, -0.05) is 38.0 Å². The Bertz CT molecular complexity index is 863. The first kappa shape index (κ1) is 18.4.